The van der Waals surface area contributed by atoms with Crippen LogP contribution in [0.2, 0.25) is 0 Å². The second-order valence-electron chi connectivity index (χ2n) is 4.33. The third-order valence-corrected chi connectivity index (χ3v) is 4.17. The van der Waals surface area contributed by atoms with Gasteiger partial charge < -0.3 is 5.32 Å². The topological polar surface area (TPSA) is 42.7 Å². The summed E-state index contributed by atoms with van der Waals surface area (Å²) >= 11 is 3.48. The van der Waals surface area contributed by atoms with Crippen molar-refractivity contribution in [2.45, 2.75) is 31.7 Å². The van der Waals surface area contributed by atoms with Crippen LogP contribution in [0.3, 0.4) is 0 Å². The van der Waals surface area contributed by atoms with E-state index in [4.69, 9.17) is 0 Å². The minimum atomic E-state index is 0.567. The summed E-state index contributed by atoms with van der Waals surface area (Å²) in [6.07, 6.45) is 2.45. The fraction of sp³-hybridized carbons (Fsp3) is 0.800. The van der Waals surface area contributed by atoms with Crippen molar-refractivity contribution in [1.82, 2.24) is 20.3 Å². The molecule has 3 atom stereocenters. The molecule has 1 fully saturated rings. The Morgan fingerprint density at radius 3 is 2.67 bits per heavy atom. The van der Waals surface area contributed by atoms with E-state index in [2.05, 4.69) is 38.5 Å². The van der Waals surface area contributed by atoms with Crippen molar-refractivity contribution in [3.8, 4) is 0 Å². The Bertz CT molecular complexity index is 330. The molecule has 1 aromatic heterocycles. The molecule has 84 valence electrons. The lowest BCUT2D eigenvalue weighted by Crippen LogP contribution is -2.29. The molecule has 0 amide bonds. The summed E-state index contributed by atoms with van der Waals surface area (Å²) in [7, 11) is 4.01. The molecule has 0 bridgehead atoms. The molecule has 5 heteroatoms. The van der Waals surface area contributed by atoms with Crippen molar-refractivity contribution in [3.05, 3.63) is 10.3 Å². The minimum Gasteiger partial charge on any atom is -0.317 e. The van der Waals surface area contributed by atoms with Crippen LogP contribution in [0.4, 0.5) is 0 Å². The molecule has 1 saturated carbocycles. The molecule has 0 aromatic carbocycles. The largest absolute Gasteiger partial charge is 0.317 e. The van der Waals surface area contributed by atoms with Gasteiger partial charge in [0.2, 0.25) is 0 Å². The van der Waals surface area contributed by atoms with Gasteiger partial charge in [0.05, 0.1) is 5.69 Å². The SMILES string of the molecule is CNC1CCC(c2c(Br)nnn2C)C1C. The predicted molar refractivity (Wildman–Crippen MR) is 62.7 cm³/mol. The summed E-state index contributed by atoms with van der Waals surface area (Å²) in [6, 6.07) is 0.622. The number of aryl methyl sites for hydroxylation is 1. The van der Waals surface area contributed by atoms with Crippen molar-refractivity contribution in [2.75, 3.05) is 7.05 Å². The Kier molecular flexibility index (Phi) is 3.11. The highest BCUT2D eigenvalue weighted by atomic mass is 79.9. The van der Waals surface area contributed by atoms with E-state index in [-0.39, 0.29) is 0 Å². The zero-order chi connectivity index (χ0) is 11.0. The molecule has 2 rings (SSSR count). The Morgan fingerprint density at radius 2 is 2.20 bits per heavy atom. The third kappa shape index (κ3) is 1.83. The van der Waals surface area contributed by atoms with Gasteiger partial charge in [0.1, 0.15) is 0 Å². The zero-order valence-corrected chi connectivity index (χ0v) is 11.0. The van der Waals surface area contributed by atoms with Crippen molar-refractivity contribution in [3.63, 3.8) is 0 Å². The van der Waals surface area contributed by atoms with Gasteiger partial charge in [0.25, 0.3) is 0 Å². The first-order valence-electron chi connectivity index (χ1n) is 5.37. The van der Waals surface area contributed by atoms with Crippen molar-refractivity contribution in [1.29, 1.82) is 0 Å². The van der Waals surface area contributed by atoms with Gasteiger partial charge in [0, 0.05) is 19.0 Å². The Labute approximate surface area is 98.6 Å². The number of halogens is 1. The van der Waals surface area contributed by atoms with Gasteiger partial charge in [-0.1, -0.05) is 12.1 Å². The Balaban J connectivity index is 2.26. The van der Waals surface area contributed by atoms with Crippen LogP contribution in [-0.2, 0) is 7.05 Å². The van der Waals surface area contributed by atoms with Crippen LogP contribution in [-0.4, -0.2) is 28.1 Å². The van der Waals surface area contributed by atoms with Gasteiger partial charge in [-0.25, -0.2) is 0 Å². The highest BCUT2D eigenvalue weighted by Gasteiger charge is 2.35. The summed E-state index contributed by atoms with van der Waals surface area (Å²) < 4.78 is 2.79. The molecule has 0 aliphatic heterocycles. The molecule has 1 aliphatic rings. The van der Waals surface area contributed by atoms with Gasteiger partial charge in [-0.15, -0.1) is 5.10 Å². The van der Waals surface area contributed by atoms with E-state index in [1.54, 1.807) is 0 Å². The summed E-state index contributed by atoms with van der Waals surface area (Å²) in [4.78, 5) is 0. The number of nitrogens with one attached hydrogen (secondary N) is 1. The molecule has 4 nitrogen and oxygen atoms in total. The smallest absolute Gasteiger partial charge is 0.151 e. The van der Waals surface area contributed by atoms with Crippen LogP contribution >= 0.6 is 15.9 Å². The monoisotopic (exact) mass is 272 g/mol. The van der Waals surface area contributed by atoms with E-state index in [0.717, 1.165) is 4.60 Å². The average molecular weight is 273 g/mol. The maximum absolute atomic E-state index is 4.06. The van der Waals surface area contributed by atoms with E-state index in [1.807, 2.05) is 18.8 Å². The molecule has 0 saturated heterocycles. The van der Waals surface area contributed by atoms with E-state index in [1.165, 1.54) is 18.5 Å². The summed E-state index contributed by atoms with van der Waals surface area (Å²) in [6.45, 7) is 2.30. The molecule has 1 N–H and O–H groups in total. The van der Waals surface area contributed by atoms with Gasteiger partial charge in [-0.2, -0.15) is 0 Å². The lowest BCUT2D eigenvalue weighted by atomic mass is 9.93. The van der Waals surface area contributed by atoms with Crippen LogP contribution in [0.15, 0.2) is 4.60 Å². The number of hydrogen-bond donors (Lipinski definition) is 1. The average Bonchev–Trinajstić information content (AvgIpc) is 2.71. The molecule has 1 heterocycles. The molecule has 1 aromatic rings. The summed E-state index contributed by atoms with van der Waals surface area (Å²) in [5, 5.41) is 11.5. The second kappa shape index (κ2) is 4.22. The normalized spacial score (nSPS) is 31.1. The number of nitrogens with zero attached hydrogens (tertiary/aromatic N) is 3. The molecule has 3 unspecified atom stereocenters. The van der Waals surface area contributed by atoms with Gasteiger partial charge in [0.15, 0.2) is 4.60 Å². The summed E-state index contributed by atoms with van der Waals surface area (Å²) in [5.41, 5.74) is 1.24. The minimum absolute atomic E-state index is 0.567. The molecule has 0 radical (unpaired) electrons. The molecular formula is C10H17BrN4. The number of aromatic nitrogens is 3. The molecule has 15 heavy (non-hydrogen) atoms. The van der Waals surface area contributed by atoms with Crippen LogP contribution < -0.4 is 5.32 Å². The van der Waals surface area contributed by atoms with Crippen LogP contribution in [0.5, 0.6) is 0 Å². The first kappa shape index (κ1) is 11.1. The second-order valence-corrected chi connectivity index (χ2v) is 5.08. The Hall–Kier alpha value is -0.420. The van der Waals surface area contributed by atoms with Crippen molar-refractivity contribution in [2.24, 2.45) is 13.0 Å². The first-order valence-corrected chi connectivity index (χ1v) is 6.16. The zero-order valence-electron chi connectivity index (χ0n) is 9.37. The maximum atomic E-state index is 4.06. The van der Waals surface area contributed by atoms with Gasteiger partial charge in [-0.3, -0.25) is 4.68 Å². The first-order chi connectivity index (χ1) is 7.15. The fourth-order valence-corrected chi connectivity index (χ4v) is 3.31. The lowest BCUT2D eigenvalue weighted by molar-refractivity contribution is 0.416. The van der Waals surface area contributed by atoms with Crippen LogP contribution in [0.1, 0.15) is 31.4 Å². The third-order valence-electron chi connectivity index (χ3n) is 3.61. The predicted octanol–water partition coefficient (Wildman–Crippen LogP) is 1.68. The van der Waals surface area contributed by atoms with Crippen molar-refractivity contribution >= 4 is 15.9 Å². The van der Waals surface area contributed by atoms with E-state index >= 15 is 0 Å². The molecule has 1 aliphatic carbocycles. The maximum Gasteiger partial charge on any atom is 0.151 e. The van der Waals surface area contributed by atoms with E-state index < -0.39 is 0 Å². The number of rotatable bonds is 2. The standard InChI is InChI=1S/C10H17BrN4/c1-6-7(4-5-8(6)12-2)9-10(11)13-14-15(9)3/h6-8,12H,4-5H2,1-3H3. The van der Waals surface area contributed by atoms with E-state index in [0.29, 0.717) is 17.9 Å². The highest BCUT2D eigenvalue weighted by Crippen LogP contribution is 2.41. The van der Waals surface area contributed by atoms with Crippen LogP contribution in [0, 0.1) is 5.92 Å². The fourth-order valence-electron chi connectivity index (χ4n) is 2.69. The Morgan fingerprint density at radius 1 is 1.47 bits per heavy atom. The highest BCUT2D eigenvalue weighted by molar-refractivity contribution is 9.10. The quantitative estimate of drug-likeness (QED) is 0.891. The van der Waals surface area contributed by atoms with E-state index in [9.17, 15) is 0 Å². The van der Waals surface area contributed by atoms with Gasteiger partial charge in [-0.05, 0) is 41.7 Å². The molecular weight excluding hydrogens is 256 g/mol. The van der Waals surface area contributed by atoms with Crippen LogP contribution in [0.25, 0.3) is 0 Å². The van der Waals surface area contributed by atoms with Crippen molar-refractivity contribution < 1.29 is 0 Å². The summed E-state index contributed by atoms with van der Waals surface area (Å²) in [5.74, 6) is 1.21. The molecule has 0 spiro atoms. The van der Waals surface area contributed by atoms with Gasteiger partial charge >= 0.3 is 0 Å². The number of hydrogen-bond acceptors (Lipinski definition) is 3. The lowest BCUT2D eigenvalue weighted by Gasteiger charge is -2.20.